The molecular weight excluding hydrogens is 228 g/mol. The van der Waals surface area contributed by atoms with Crippen molar-refractivity contribution in [3.63, 3.8) is 0 Å². The molecule has 0 amide bonds. The number of likely N-dealkylation sites (N-methyl/N-ethyl adjacent to an activating group) is 1. The Kier molecular flexibility index (Phi) is 4.42. The van der Waals surface area contributed by atoms with Crippen LogP contribution in [0.15, 0.2) is 28.7 Å². The molecule has 0 aliphatic heterocycles. The summed E-state index contributed by atoms with van der Waals surface area (Å²) in [5, 5.41) is 0. The van der Waals surface area contributed by atoms with Crippen LogP contribution in [-0.2, 0) is 6.54 Å². The zero-order valence-electron chi connectivity index (χ0n) is 7.83. The summed E-state index contributed by atoms with van der Waals surface area (Å²) in [7, 11) is 2.08. The van der Waals surface area contributed by atoms with Crippen LogP contribution in [0.3, 0.4) is 0 Å². The number of halogens is 1. The van der Waals surface area contributed by atoms with Crippen LogP contribution in [0, 0.1) is 0 Å². The van der Waals surface area contributed by atoms with E-state index in [-0.39, 0.29) is 0 Å². The molecule has 0 saturated carbocycles. The van der Waals surface area contributed by atoms with E-state index in [1.165, 1.54) is 5.56 Å². The van der Waals surface area contributed by atoms with E-state index in [1.807, 2.05) is 6.07 Å². The summed E-state index contributed by atoms with van der Waals surface area (Å²) in [6.45, 7) is 2.60. The minimum Gasteiger partial charge on any atom is -0.329 e. The van der Waals surface area contributed by atoms with Crippen molar-refractivity contribution in [3.05, 3.63) is 34.3 Å². The van der Waals surface area contributed by atoms with E-state index < -0.39 is 0 Å². The standard InChI is InChI=1S/C10H15BrN2/c1-13(6-5-12)8-9-3-2-4-10(11)7-9/h2-4,7H,5-6,8,12H2,1H3. The van der Waals surface area contributed by atoms with Crippen LogP contribution in [0.5, 0.6) is 0 Å². The molecule has 0 aromatic heterocycles. The summed E-state index contributed by atoms with van der Waals surface area (Å²) in [6, 6.07) is 8.34. The van der Waals surface area contributed by atoms with Crippen LogP contribution >= 0.6 is 15.9 Å². The van der Waals surface area contributed by atoms with Crippen molar-refractivity contribution in [1.29, 1.82) is 0 Å². The highest BCUT2D eigenvalue weighted by Crippen LogP contribution is 2.12. The van der Waals surface area contributed by atoms with E-state index in [4.69, 9.17) is 5.73 Å². The first kappa shape index (κ1) is 10.7. The van der Waals surface area contributed by atoms with Crippen molar-refractivity contribution in [1.82, 2.24) is 4.90 Å². The molecule has 1 aromatic carbocycles. The normalized spacial score (nSPS) is 10.8. The summed E-state index contributed by atoms with van der Waals surface area (Å²) in [5.41, 5.74) is 6.77. The van der Waals surface area contributed by atoms with Gasteiger partial charge in [0.15, 0.2) is 0 Å². The lowest BCUT2D eigenvalue weighted by Gasteiger charge is -2.15. The summed E-state index contributed by atoms with van der Waals surface area (Å²) < 4.78 is 1.13. The molecular formula is C10H15BrN2. The fourth-order valence-corrected chi connectivity index (χ4v) is 1.69. The van der Waals surface area contributed by atoms with Crippen molar-refractivity contribution in [2.24, 2.45) is 5.73 Å². The molecule has 0 unspecified atom stereocenters. The lowest BCUT2D eigenvalue weighted by molar-refractivity contribution is 0.336. The minimum absolute atomic E-state index is 0.713. The smallest absolute Gasteiger partial charge is 0.0231 e. The van der Waals surface area contributed by atoms with E-state index in [1.54, 1.807) is 0 Å². The molecule has 0 radical (unpaired) electrons. The second kappa shape index (κ2) is 5.37. The van der Waals surface area contributed by atoms with Crippen LogP contribution in [-0.4, -0.2) is 25.0 Å². The highest BCUT2D eigenvalue weighted by atomic mass is 79.9. The molecule has 13 heavy (non-hydrogen) atoms. The number of nitrogens with two attached hydrogens (primary N) is 1. The van der Waals surface area contributed by atoms with Gasteiger partial charge in [-0.1, -0.05) is 28.1 Å². The molecule has 0 heterocycles. The molecule has 2 nitrogen and oxygen atoms in total. The summed E-state index contributed by atoms with van der Waals surface area (Å²) in [4.78, 5) is 2.21. The van der Waals surface area contributed by atoms with Crippen LogP contribution in [0.4, 0.5) is 0 Å². The lowest BCUT2D eigenvalue weighted by atomic mass is 10.2. The Morgan fingerprint density at radius 3 is 2.85 bits per heavy atom. The van der Waals surface area contributed by atoms with E-state index in [9.17, 15) is 0 Å². The molecule has 0 atom stereocenters. The molecule has 72 valence electrons. The first-order valence-electron chi connectivity index (χ1n) is 4.35. The Labute approximate surface area is 87.9 Å². The third-order valence-electron chi connectivity index (χ3n) is 1.85. The molecule has 0 saturated heterocycles. The third kappa shape index (κ3) is 3.89. The maximum absolute atomic E-state index is 5.46. The van der Waals surface area contributed by atoms with Gasteiger partial charge in [0, 0.05) is 24.1 Å². The monoisotopic (exact) mass is 242 g/mol. The Hall–Kier alpha value is -0.380. The molecule has 0 aliphatic rings. The first-order valence-corrected chi connectivity index (χ1v) is 5.14. The highest BCUT2D eigenvalue weighted by molar-refractivity contribution is 9.10. The van der Waals surface area contributed by atoms with Crippen molar-refractivity contribution in [2.45, 2.75) is 6.54 Å². The molecule has 2 N–H and O–H groups in total. The van der Waals surface area contributed by atoms with Crippen LogP contribution in [0.1, 0.15) is 5.56 Å². The van der Waals surface area contributed by atoms with Crippen LogP contribution in [0.2, 0.25) is 0 Å². The number of nitrogens with zero attached hydrogens (tertiary/aromatic N) is 1. The van der Waals surface area contributed by atoms with E-state index >= 15 is 0 Å². The van der Waals surface area contributed by atoms with Gasteiger partial charge in [-0.3, -0.25) is 0 Å². The summed E-state index contributed by atoms with van der Waals surface area (Å²) >= 11 is 3.45. The second-order valence-electron chi connectivity index (χ2n) is 3.16. The van der Waals surface area contributed by atoms with Gasteiger partial charge in [0.05, 0.1) is 0 Å². The minimum atomic E-state index is 0.713. The van der Waals surface area contributed by atoms with Gasteiger partial charge in [0.1, 0.15) is 0 Å². The summed E-state index contributed by atoms with van der Waals surface area (Å²) in [6.07, 6.45) is 0. The molecule has 0 bridgehead atoms. The first-order chi connectivity index (χ1) is 6.22. The second-order valence-corrected chi connectivity index (χ2v) is 4.07. The average Bonchev–Trinajstić information content (AvgIpc) is 2.04. The SMILES string of the molecule is CN(CCN)Cc1cccc(Br)c1. The Bertz CT molecular complexity index is 263. The molecule has 1 rings (SSSR count). The molecule has 0 aliphatic carbocycles. The molecule has 3 heteroatoms. The third-order valence-corrected chi connectivity index (χ3v) is 2.35. The fourth-order valence-electron chi connectivity index (χ4n) is 1.25. The van der Waals surface area contributed by atoms with Crippen molar-refractivity contribution in [2.75, 3.05) is 20.1 Å². The van der Waals surface area contributed by atoms with Gasteiger partial charge >= 0.3 is 0 Å². The predicted octanol–water partition coefficient (Wildman–Crippen LogP) is 1.84. The Morgan fingerprint density at radius 1 is 1.46 bits per heavy atom. The topological polar surface area (TPSA) is 29.3 Å². The van der Waals surface area contributed by atoms with E-state index in [2.05, 4.69) is 46.1 Å². The predicted molar refractivity (Wildman–Crippen MR) is 59.5 cm³/mol. The Morgan fingerprint density at radius 2 is 2.23 bits per heavy atom. The lowest BCUT2D eigenvalue weighted by Crippen LogP contribution is -2.24. The van der Waals surface area contributed by atoms with Gasteiger partial charge < -0.3 is 10.6 Å². The quantitative estimate of drug-likeness (QED) is 0.874. The van der Waals surface area contributed by atoms with E-state index in [0.717, 1.165) is 17.6 Å². The van der Waals surface area contributed by atoms with Gasteiger partial charge in [-0.25, -0.2) is 0 Å². The van der Waals surface area contributed by atoms with Crippen molar-refractivity contribution in [3.8, 4) is 0 Å². The van der Waals surface area contributed by atoms with Crippen LogP contribution in [0.25, 0.3) is 0 Å². The van der Waals surface area contributed by atoms with Crippen molar-refractivity contribution < 1.29 is 0 Å². The van der Waals surface area contributed by atoms with Crippen LogP contribution < -0.4 is 5.73 Å². The van der Waals surface area contributed by atoms with Gasteiger partial charge in [0.25, 0.3) is 0 Å². The average molecular weight is 243 g/mol. The van der Waals surface area contributed by atoms with Gasteiger partial charge in [-0.2, -0.15) is 0 Å². The maximum atomic E-state index is 5.46. The van der Waals surface area contributed by atoms with E-state index in [0.29, 0.717) is 6.54 Å². The zero-order chi connectivity index (χ0) is 9.68. The largest absolute Gasteiger partial charge is 0.329 e. The highest BCUT2D eigenvalue weighted by Gasteiger charge is 1.98. The van der Waals surface area contributed by atoms with Crippen molar-refractivity contribution >= 4 is 15.9 Å². The van der Waals surface area contributed by atoms with Gasteiger partial charge in [0.2, 0.25) is 0 Å². The maximum Gasteiger partial charge on any atom is 0.0231 e. The van der Waals surface area contributed by atoms with Gasteiger partial charge in [-0.05, 0) is 24.7 Å². The molecule has 0 spiro atoms. The zero-order valence-corrected chi connectivity index (χ0v) is 9.42. The molecule has 1 aromatic rings. The summed E-state index contributed by atoms with van der Waals surface area (Å²) in [5.74, 6) is 0. The Balaban J connectivity index is 2.53. The number of benzene rings is 1. The number of hydrogen-bond acceptors (Lipinski definition) is 2. The number of rotatable bonds is 4. The number of hydrogen-bond donors (Lipinski definition) is 1. The molecule has 0 fully saturated rings. The van der Waals surface area contributed by atoms with Gasteiger partial charge in [-0.15, -0.1) is 0 Å². The fraction of sp³-hybridized carbons (Fsp3) is 0.400.